The Morgan fingerprint density at radius 2 is 0.883 bits per heavy atom. The van der Waals surface area contributed by atoms with Crippen molar-refractivity contribution in [3.8, 4) is 0 Å². The third-order valence-corrected chi connectivity index (χ3v) is 12.9. The van der Waals surface area contributed by atoms with Crippen LogP contribution in [0.2, 0.25) is 0 Å². The number of carboxylic acid groups (broad SMARTS) is 3. The van der Waals surface area contributed by atoms with Gasteiger partial charge in [-0.05, 0) is 87.6 Å². The Hall–Kier alpha value is -7.70. The van der Waals surface area contributed by atoms with Crippen LogP contribution in [0.25, 0.3) is 10.8 Å². The molecule has 426 valence electrons. The van der Waals surface area contributed by atoms with Crippen LogP contribution in [0.1, 0.15) is 119 Å². The fourth-order valence-electron chi connectivity index (χ4n) is 7.80. The minimum Gasteiger partial charge on any atom is -0.481 e. The predicted molar refractivity (Wildman–Crippen MR) is 281 cm³/mol. The van der Waals surface area contributed by atoms with E-state index in [1.807, 2.05) is 12.1 Å². The molecule has 11 atom stereocenters. The van der Waals surface area contributed by atoms with E-state index in [9.17, 15) is 72.9 Å². The molecule has 0 saturated carbocycles. The molecule has 0 unspecified atom stereocenters. The zero-order chi connectivity index (χ0) is 58.1. The van der Waals surface area contributed by atoms with E-state index in [0.717, 1.165) is 10.8 Å². The number of hydrogen-bond donors (Lipinski definition) is 13. The van der Waals surface area contributed by atoms with E-state index in [0.29, 0.717) is 24.8 Å². The Morgan fingerprint density at radius 1 is 0.468 bits per heavy atom. The monoisotopic (exact) mass is 1080 g/mol. The van der Waals surface area contributed by atoms with Gasteiger partial charge in [-0.15, -0.1) is 0 Å². The summed E-state index contributed by atoms with van der Waals surface area (Å²) >= 11 is 0. The quantitative estimate of drug-likeness (QED) is 0.0406. The van der Waals surface area contributed by atoms with Gasteiger partial charge in [0.05, 0.1) is 0 Å². The van der Waals surface area contributed by atoms with E-state index in [2.05, 4.69) is 47.9 Å². The maximum absolute atomic E-state index is 14.5. The number of nitrogens with one attached hydrogen (secondary N) is 9. The maximum Gasteiger partial charge on any atom is 0.325 e. The first kappa shape index (κ1) is 65.4. The maximum atomic E-state index is 14.5. The van der Waals surface area contributed by atoms with Gasteiger partial charge in [0, 0.05) is 26.2 Å². The van der Waals surface area contributed by atoms with Crippen molar-refractivity contribution in [2.75, 3.05) is 6.54 Å². The van der Waals surface area contributed by atoms with Crippen LogP contribution >= 0.6 is 0 Å². The van der Waals surface area contributed by atoms with Crippen molar-refractivity contribution >= 4 is 81.8 Å². The number of aliphatic carboxylic acids is 3. The molecule has 0 aliphatic carbocycles. The molecule has 0 heterocycles. The predicted octanol–water partition coefficient (Wildman–Crippen LogP) is -0.140. The SMILES string of the molecule is CC[C@H](C)[C@H](NC(=O)[C@H](C)NC(C)=O)C(=O)N[C@@H](C)C(=O)N[C@@H](CCCCN)C(=O)N[C@@H](CCC(=O)O)C(=O)N[C@@H](Cc1ccc2ccccc2c1)C(=O)N[C@@H](CCC(=O)O)C(=O)N[C@H](C(=O)N[C@@H](C)C(=O)O)[C@@H](C)CC. The molecule has 0 aromatic heterocycles. The van der Waals surface area contributed by atoms with E-state index in [4.69, 9.17) is 5.73 Å². The molecule has 0 saturated heterocycles. The zero-order valence-electron chi connectivity index (χ0n) is 45.0. The van der Waals surface area contributed by atoms with E-state index in [1.54, 1.807) is 58.0 Å². The van der Waals surface area contributed by atoms with Gasteiger partial charge in [0.25, 0.3) is 0 Å². The second-order valence-electron chi connectivity index (χ2n) is 19.2. The molecule has 2 aromatic rings. The molecular formula is C52H78N10O15. The molecule has 77 heavy (non-hydrogen) atoms. The number of fused-ring (bicyclic) bond motifs is 1. The van der Waals surface area contributed by atoms with Gasteiger partial charge in [0.1, 0.15) is 54.4 Å². The molecule has 0 fully saturated rings. The summed E-state index contributed by atoms with van der Waals surface area (Å²) in [6.07, 6.45) is -1.21. The lowest BCUT2D eigenvalue weighted by Crippen LogP contribution is -2.61. The van der Waals surface area contributed by atoms with Crippen molar-refractivity contribution in [2.45, 2.75) is 174 Å². The Labute approximate surface area is 447 Å². The third-order valence-electron chi connectivity index (χ3n) is 12.9. The lowest BCUT2D eigenvalue weighted by atomic mass is 9.97. The van der Waals surface area contributed by atoms with Crippen LogP contribution in [0, 0.1) is 11.8 Å². The Morgan fingerprint density at radius 3 is 1.36 bits per heavy atom. The van der Waals surface area contributed by atoms with E-state index < -0.39 is 163 Å². The summed E-state index contributed by atoms with van der Waals surface area (Å²) in [5, 5.41) is 52.8. The van der Waals surface area contributed by atoms with Crippen LogP contribution in [0.15, 0.2) is 42.5 Å². The molecule has 25 nitrogen and oxygen atoms in total. The molecule has 0 bridgehead atoms. The highest BCUT2D eigenvalue weighted by atomic mass is 16.4. The first-order chi connectivity index (χ1) is 36.2. The summed E-state index contributed by atoms with van der Waals surface area (Å²) in [5.41, 5.74) is 6.21. The highest BCUT2D eigenvalue weighted by Gasteiger charge is 2.36. The van der Waals surface area contributed by atoms with Crippen molar-refractivity contribution in [1.82, 2.24) is 47.9 Å². The minimum atomic E-state index is -1.68. The summed E-state index contributed by atoms with van der Waals surface area (Å²) in [7, 11) is 0. The second-order valence-corrected chi connectivity index (χ2v) is 19.2. The smallest absolute Gasteiger partial charge is 0.325 e. The van der Waals surface area contributed by atoms with Crippen LogP contribution in [-0.4, -0.2) is 147 Å². The van der Waals surface area contributed by atoms with Crippen molar-refractivity contribution in [3.63, 3.8) is 0 Å². The van der Waals surface area contributed by atoms with Gasteiger partial charge in [0.2, 0.25) is 53.2 Å². The van der Waals surface area contributed by atoms with Gasteiger partial charge in [-0.3, -0.25) is 57.5 Å². The standard InChI is InChI=1S/C52H78N10O15/c1-9-27(3)42(61-45(69)29(5)54-32(8)63)50(74)55-30(6)44(68)57-36(17-13-14-24-53)46(70)58-37(20-22-40(64)65)47(71)60-39(26-33-18-19-34-15-11-12-16-35(34)25-33)49(73)59-38(21-23-41(66)67)48(72)62-43(28(4)10-2)51(75)56-31(7)52(76)77/h11-12,15-16,18-19,25,27-31,36-39,42-43H,9-10,13-14,17,20-24,26,53H2,1-8H3,(H,54,63)(H,55,74)(H,56,75)(H,57,68)(H,58,70)(H,59,73)(H,60,71)(H,61,69)(H,62,72)(H,64,65)(H,66,67)(H,76,77)/t27-,28-,29-,30-,31-,36-,37-,38-,39-,42-,43-/m0/s1. The number of benzene rings is 2. The molecule has 14 N–H and O–H groups in total. The lowest BCUT2D eigenvalue weighted by molar-refractivity contribution is -0.142. The van der Waals surface area contributed by atoms with Gasteiger partial charge in [-0.1, -0.05) is 83.0 Å². The first-order valence-electron chi connectivity index (χ1n) is 25.8. The fourth-order valence-corrected chi connectivity index (χ4v) is 7.80. The Balaban J connectivity index is 2.55. The number of hydrogen-bond acceptors (Lipinski definition) is 13. The van der Waals surface area contributed by atoms with E-state index in [-0.39, 0.29) is 25.8 Å². The first-order valence-corrected chi connectivity index (χ1v) is 25.8. The van der Waals surface area contributed by atoms with Gasteiger partial charge >= 0.3 is 17.9 Å². The largest absolute Gasteiger partial charge is 0.481 e. The molecular weight excluding hydrogens is 1000 g/mol. The molecule has 0 radical (unpaired) electrons. The van der Waals surface area contributed by atoms with Crippen molar-refractivity contribution in [2.24, 2.45) is 17.6 Å². The fraction of sp³-hybridized carbons (Fsp3) is 0.577. The number of carbonyl (C=O) groups excluding carboxylic acids is 9. The van der Waals surface area contributed by atoms with Crippen molar-refractivity contribution in [1.29, 1.82) is 0 Å². The highest BCUT2D eigenvalue weighted by molar-refractivity contribution is 5.98. The van der Waals surface area contributed by atoms with Crippen molar-refractivity contribution in [3.05, 3.63) is 48.0 Å². The van der Waals surface area contributed by atoms with Gasteiger partial charge < -0.3 is 68.9 Å². The molecule has 0 aliphatic rings. The third kappa shape index (κ3) is 22.6. The number of unbranched alkanes of at least 4 members (excludes halogenated alkanes) is 1. The number of carbonyl (C=O) groups is 12. The lowest BCUT2D eigenvalue weighted by Gasteiger charge is -2.29. The average Bonchev–Trinajstić information content (AvgIpc) is 3.37. The topological polar surface area (TPSA) is 400 Å². The molecule has 0 spiro atoms. The van der Waals surface area contributed by atoms with Gasteiger partial charge in [0.15, 0.2) is 0 Å². The summed E-state index contributed by atoms with van der Waals surface area (Å²) < 4.78 is 0. The normalized spacial score (nSPS) is 15.3. The molecule has 25 heteroatoms. The molecule has 9 amide bonds. The van der Waals surface area contributed by atoms with Crippen molar-refractivity contribution < 1.29 is 72.9 Å². The van der Waals surface area contributed by atoms with Crippen LogP contribution in [0.3, 0.4) is 0 Å². The van der Waals surface area contributed by atoms with Crippen LogP contribution in [0.5, 0.6) is 0 Å². The van der Waals surface area contributed by atoms with Gasteiger partial charge in [-0.25, -0.2) is 0 Å². The number of carboxylic acids is 3. The summed E-state index contributed by atoms with van der Waals surface area (Å²) in [4.78, 5) is 157. The molecule has 0 aliphatic heterocycles. The Bertz CT molecular complexity index is 2420. The zero-order valence-corrected chi connectivity index (χ0v) is 45.0. The van der Waals surface area contributed by atoms with Crippen LogP contribution < -0.4 is 53.6 Å². The number of rotatable bonds is 34. The Kier molecular flexibility index (Phi) is 27.8. The molecule has 2 aromatic carbocycles. The highest BCUT2D eigenvalue weighted by Crippen LogP contribution is 2.18. The van der Waals surface area contributed by atoms with E-state index >= 15 is 0 Å². The van der Waals surface area contributed by atoms with E-state index in [1.165, 1.54) is 27.7 Å². The number of nitrogens with two attached hydrogens (primary N) is 1. The average molecular weight is 1080 g/mol. The second kappa shape index (κ2) is 32.7. The molecule has 2 rings (SSSR count). The van der Waals surface area contributed by atoms with Gasteiger partial charge in [-0.2, -0.15) is 0 Å². The van der Waals surface area contributed by atoms with Crippen LogP contribution in [0.4, 0.5) is 0 Å². The summed E-state index contributed by atoms with van der Waals surface area (Å²) in [6, 6.07) is 0.0141. The summed E-state index contributed by atoms with van der Waals surface area (Å²) in [5.74, 6) is -12.6. The summed E-state index contributed by atoms with van der Waals surface area (Å²) in [6.45, 7) is 12.2. The van der Waals surface area contributed by atoms with Crippen LogP contribution in [-0.2, 0) is 64.0 Å². The number of amides is 9. The minimum absolute atomic E-state index is 0.0414.